The second-order valence-electron chi connectivity index (χ2n) is 7.39. The average Bonchev–Trinajstić information content (AvgIpc) is 3.13. The summed E-state index contributed by atoms with van der Waals surface area (Å²) < 4.78 is 19.0. The first-order valence-corrected chi connectivity index (χ1v) is 10.2. The summed E-state index contributed by atoms with van der Waals surface area (Å²) >= 11 is 0. The van der Waals surface area contributed by atoms with E-state index in [1.807, 2.05) is 36.4 Å². The number of phenolic OH excluding ortho intramolecular Hbond substituents is 1. The number of hydrogen-bond acceptors (Lipinski definition) is 5. The Morgan fingerprint density at radius 3 is 2.39 bits per heavy atom. The molecule has 7 nitrogen and oxygen atoms in total. The van der Waals surface area contributed by atoms with E-state index in [-0.39, 0.29) is 31.1 Å². The van der Waals surface area contributed by atoms with Crippen molar-refractivity contribution in [3.05, 3.63) is 93.3 Å². The van der Waals surface area contributed by atoms with Gasteiger partial charge in [0.2, 0.25) is 5.75 Å². The van der Waals surface area contributed by atoms with Gasteiger partial charge in [-0.3, -0.25) is 10.1 Å². The molecule has 0 spiro atoms. The highest BCUT2D eigenvalue weighted by molar-refractivity contribution is 5.79. The normalized spacial score (nSPS) is 11.7. The van der Waals surface area contributed by atoms with Crippen LogP contribution in [0.3, 0.4) is 0 Å². The van der Waals surface area contributed by atoms with E-state index in [9.17, 15) is 24.4 Å². The monoisotopic (exact) mass is 446 g/mol. The van der Waals surface area contributed by atoms with Gasteiger partial charge in [-0.1, -0.05) is 60.4 Å². The quantitative estimate of drug-likeness (QED) is 0.256. The van der Waals surface area contributed by atoms with Crippen molar-refractivity contribution in [2.75, 3.05) is 13.2 Å². The highest BCUT2D eigenvalue weighted by atomic mass is 19.1. The van der Waals surface area contributed by atoms with Gasteiger partial charge < -0.3 is 15.2 Å². The zero-order chi connectivity index (χ0) is 23.4. The van der Waals surface area contributed by atoms with Crippen molar-refractivity contribution in [1.29, 1.82) is 0 Å². The number of rotatable bonds is 5. The van der Waals surface area contributed by atoms with E-state index in [1.165, 1.54) is 0 Å². The van der Waals surface area contributed by atoms with Gasteiger partial charge in [0.1, 0.15) is 6.61 Å². The molecular weight excluding hydrogens is 427 g/mol. The maximum atomic E-state index is 13.6. The fourth-order valence-corrected chi connectivity index (χ4v) is 3.84. The number of nitro benzene ring substituents is 1. The van der Waals surface area contributed by atoms with Gasteiger partial charge in [-0.25, -0.2) is 9.18 Å². The van der Waals surface area contributed by atoms with Crippen molar-refractivity contribution in [3.8, 4) is 28.7 Å². The Hall–Kier alpha value is -4.38. The van der Waals surface area contributed by atoms with E-state index in [0.29, 0.717) is 0 Å². The molecule has 8 heteroatoms. The molecule has 4 rings (SSSR count). The number of alkyl carbamates (subject to hydrolysis) is 1. The number of amides is 1. The predicted octanol–water partition coefficient (Wildman–Crippen LogP) is 4.72. The number of nitrogens with one attached hydrogen (secondary N) is 1. The van der Waals surface area contributed by atoms with Crippen LogP contribution in [0, 0.1) is 27.8 Å². The predicted molar refractivity (Wildman–Crippen MR) is 119 cm³/mol. The topological polar surface area (TPSA) is 102 Å². The smallest absolute Gasteiger partial charge is 0.407 e. The lowest BCUT2D eigenvalue weighted by Crippen LogP contribution is -2.26. The van der Waals surface area contributed by atoms with Crippen LogP contribution in [0.4, 0.5) is 14.9 Å². The molecule has 0 heterocycles. The summed E-state index contributed by atoms with van der Waals surface area (Å²) in [6, 6.07) is 18.0. The number of hydrogen-bond donors (Lipinski definition) is 2. The molecule has 33 heavy (non-hydrogen) atoms. The van der Waals surface area contributed by atoms with Crippen LogP contribution in [0.1, 0.15) is 29.0 Å². The van der Waals surface area contributed by atoms with Gasteiger partial charge in [0, 0.05) is 30.5 Å². The standard InChI is InChI=1S/C25H19FN2O5/c26-22-13-16(14-23(24(22)29)28(31)32)7-5-6-12-27-25(30)33-15-21-19-10-3-1-8-17(19)18-9-2-4-11-20(18)21/h1-4,8-11,13-14,21,29H,6,12,15H2,(H,27,30). The van der Waals surface area contributed by atoms with Crippen molar-refractivity contribution in [2.24, 2.45) is 0 Å². The second-order valence-corrected chi connectivity index (χ2v) is 7.39. The Bertz CT molecular complexity index is 1250. The van der Waals surface area contributed by atoms with E-state index in [1.54, 1.807) is 0 Å². The zero-order valence-electron chi connectivity index (χ0n) is 17.4. The molecule has 0 saturated heterocycles. The fraction of sp³-hybridized carbons (Fsp3) is 0.160. The minimum atomic E-state index is -1.12. The van der Waals surface area contributed by atoms with Gasteiger partial charge in [0.05, 0.1) is 4.92 Å². The summed E-state index contributed by atoms with van der Waals surface area (Å²) in [5.74, 6) is 3.10. The summed E-state index contributed by atoms with van der Waals surface area (Å²) in [5.41, 5.74) is 3.82. The van der Waals surface area contributed by atoms with Crippen LogP contribution in [0.25, 0.3) is 11.1 Å². The summed E-state index contributed by atoms with van der Waals surface area (Å²) in [4.78, 5) is 22.1. The first kappa shape index (κ1) is 21.8. The highest BCUT2D eigenvalue weighted by Gasteiger charge is 2.28. The number of nitro groups is 1. The first-order chi connectivity index (χ1) is 16.0. The van der Waals surface area contributed by atoms with Gasteiger partial charge in [-0.2, -0.15) is 0 Å². The molecule has 1 amide bonds. The average molecular weight is 446 g/mol. The largest absolute Gasteiger partial charge is 0.500 e. The molecule has 0 aromatic heterocycles. The van der Waals surface area contributed by atoms with Crippen molar-refractivity contribution in [1.82, 2.24) is 5.32 Å². The van der Waals surface area contributed by atoms with Gasteiger partial charge in [0.25, 0.3) is 0 Å². The molecule has 0 radical (unpaired) electrons. The summed E-state index contributed by atoms with van der Waals surface area (Å²) in [5, 5.41) is 22.8. The molecule has 3 aromatic carbocycles. The minimum absolute atomic E-state index is 0.0388. The molecule has 166 valence electrons. The number of carbonyl (C=O) groups is 1. The van der Waals surface area contributed by atoms with Crippen LogP contribution in [-0.2, 0) is 4.74 Å². The number of ether oxygens (including phenoxy) is 1. The lowest BCUT2D eigenvalue weighted by molar-refractivity contribution is -0.386. The van der Waals surface area contributed by atoms with E-state index in [4.69, 9.17) is 4.74 Å². The van der Waals surface area contributed by atoms with Crippen molar-refractivity contribution in [3.63, 3.8) is 0 Å². The van der Waals surface area contributed by atoms with E-state index >= 15 is 0 Å². The third kappa shape index (κ3) is 4.62. The highest BCUT2D eigenvalue weighted by Crippen LogP contribution is 2.44. The van der Waals surface area contributed by atoms with Crippen LogP contribution in [-0.4, -0.2) is 29.3 Å². The van der Waals surface area contributed by atoms with E-state index in [0.717, 1.165) is 34.4 Å². The van der Waals surface area contributed by atoms with Crippen LogP contribution in [0.2, 0.25) is 0 Å². The SMILES string of the molecule is O=C(NCCC#Cc1cc(F)c(O)c([N+](=O)[O-])c1)OCC1c2ccccc2-c2ccccc21. The summed E-state index contributed by atoms with van der Waals surface area (Å²) in [6.45, 7) is 0.383. The number of carbonyl (C=O) groups excluding carboxylic acids is 1. The minimum Gasteiger partial charge on any atom is -0.500 e. The van der Waals surface area contributed by atoms with Crippen LogP contribution < -0.4 is 5.32 Å². The van der Waals surface area contributed by atoms with Gasteiger partial charge in [-0.05, 0) is 28.3 Å². The molecule has 1 aliphatic rings. The summed E-state index contributed by atoms with van der Waals surface area (Å²) in [6.07, 6.45) is -0.356. The van der Waals surface area contributed by atoms with Crippen LogP contribution in [0.15, 0.2) is 60.7 Å². The van der Waals surface area contributed by atoms with Gasteiger partial charge in [-0.15, -0.1) is 0 Å². The molecule has 0 fully saturated rings. The van der Waals surface area contributed by atoms with Crippen LogP contribution in [0.5, 0.6) is 5.75 Å². The van der Waals surface area contributed by atoms with E-state index < -0.39 is 28.3 Å². The Balaban J connectivity index is 1.30. The van der Waals surface area contributed by atoms with Gasteiger partial charge >= 0.3 is 11.8 Å². The van der Waals surface area contributed by atoms with Crippen molar-refractivity contribution >= 4 is 11.8 Å². The Kier molecular flexibility index (Phi) is 6.22. The molecule has 0 bridgehead atoms. The van der Waals surface area contributed by atoms with Crippen molar-refractivity contribution in [2.45, 2.75) is 12.3 Å². The maximum Gasteiger partial charge on any atom is 0.407 e. The Morgan fingerprint density at radius 2 is 1.76 bits per heavy atom. The Labute approximate surface area is 189 Å². The number of fused-ring (bicyclic) bond motifs is 3. The molecule has 0 saturated carbocycles. The molecule has 0 aliphatic heterocycles. The lowest BCUT2D eigenvalue weighted by Gasteiger charge is -2.14. The maximum absolute atomic E-state index is 13.6. The first-order valence-electron chi connectivity index (χ1n) is 10.2. The zero-order valence-corrected chi connectivity index (χ0v) is 17.4. The molecule has 3 aromatic rings. The van der Waals surface area contributed by atoms with Crippen LogP contribution >= 0.6 is 0 Å². The number of halogens is 1. The number of phenols is 1. The molecular formula is C25H19FN2O5. The number of aromatic hydroxyl groups is 1. The molecule has 1 aliphatic carbocycles. The molecule has 0 atom stereocenters. The third-order valence-corrected chi connectivity index (χ3v) is 5.34. The Morgan fingerprint density at radius 1 is 1.12 bits per heavy atom. The second kappa shape index (κ2) is 9.40. The fourth-order valence-electron chi connectivity index (χ4n) is 3.84. The molecule has 0 unspecified atom stereocenters. The third-order valence-electron chi connectivity index (χ3n) is 5.34. The number of benzene rings is 3. The lowest BCUT2D eigenvalue weighted by atomic mass is 9.98. The van der Waals surface area contributed by atoms with E-state index in [2.05, 4.69) is 29.3 Å². The summed E-state index contributed by atoms with van der Waals surface area (Å²) in [7, 11) is 0. The van der Waals surface area contributed by atoms with Crippen molar-refractivity contribution < 1.29 is 24.0 Å². The molecule has 2 N–H and O–H groups in total. The number of nitrogens with zero attached hydrogens (tertiary/aromatic N) is 1. The van der Waals surface area contributed by atoms with Gasteiger partial charge in [0.15, 0.2) is 5.82 Å².